The highest BCUT2D eigenvalue weighted by molar-refractivity contribution is 6.80. The molecule has 3 nitrogen and oxygen atoms in total. The molecule has 0 aliphatic heterocycles. The van der Waals surface area contributed by atoms with Crippen LogP contribution >= 0.6 is 0 Å². The van der Waals surface area contributed by atoms with Crippen molar-refractivity contribution < 1.29 is 13.6 Å². The molecule has 0 aromatic carbocycles. The first kappa shape index (κ1) is 13.8. The monoisotopic (exact) mass is 218 g/mol. The van der Waals surface area contributed by atoms with Crippen LogP contribution in [-0.4, -0.2) is 27.9 Å². The van der Waals surface area contributed by atoms with Crippen molar-refractivity contribution in [3.8, 4) is 0 Å². The first-order valence-corrected chi connectivity index (χ1v) is 7.04. The molecular weight excluding hydrogens is 196 g/mol. The average molecular weight is 218 g/mol. The predicted octanol–water partition coefficient (Wildman–Crippen LogP) is 1.97. The van der Waals surface area contributed by atoms with Gasteiger partial charge in [-0.2, -0.15) is 0 Å². The molecular formula is C10H22O3Si. The van der Waals surface area contributed by atoms with E-state index in [9.17, 15) is 4.79 Å². The van der Waals surface area contributed by atoms with Crippen LogP contribution in [0.1, 0.15) is 46.5 Å². The van der Waals surface area contributed by atoms with Crippen molar-refractivity contribution in [2.24, 2.45) is 0 Å². The fourth-order valence-electron chi connectivity index (χ4n) is 1.20. The molecule has 0 fully saturated rings. The summed E-state index contributed by atoms with van der Waals surface area (Å²) in [6.45, 7) is 7.09. The van der Waals surface area contributed by atoms with Gasteiger partial charge in [-0.1, -0.05) is 19.8 Å². The first-order chi connectivity index (χ1) is 6.76. The minimum Gasteiger partial charge on any atom is -0.392 e. The van der Waals surface area contributed by atoms with Crippen molar-refractivity contribution in [3.63, 3.8) is 0 Å². The lowest BCUT2D eigenvalue weighted by Crippen LogP contribution is -2.33. The van der Waals surface area contributed by atoms with Gasteiger partial charge < -0.3 is 8.85 Å². The number of hydrogen-bond acceptors (Lipinski definition) is 3. The molecule has 0 unspecified atom stereocenters. The molecule has 0 saturated heterocycles. The molecule has 0 aliphatic carbocycles. The lowest BCUT2D eigenvalue weighted by atomic mass is 10.2. The van der Waals surface area contributed by atoms with Gasteiger partial charge in [-0.05, 0) is 20.3 Å². The Kier molecular flexibility index (Phi) is 9.24. The zero-order valence-electron chi connectivity index (χ0n) is 9.54. The third-order valence-electron chi connectivity index (χ3n) is 1.93. The van der Waals surface area contributed by atoms with E-state index in [1.807, 2.05) is 13.8 Å². The summed E-state index contributed by atoms with van der Waals surface area (Å²) in [4.78, 5) is 11.6. The molecule has 0 heterocycles. The van der Waals surface area contributed by atoms with E-state index in [-0.39, 0.29) is 5.41 Å². The van der Waals surface area contributed by atoms with E-state index < -0.39 is 9.28 Å². The molecule has 14 heavy (non-hydrogen) atoms. The van der Waals surface area contributed by atoms with Gasteiger partial charge in [0.15, 0.2) is 5.41 Å². The first-order valence-electron chi connectivity index (χ1n) is 5.52. The van der Waals surface area contributed by atoms with Crippen molar-refractivity contribution in [2.45, 2.75) is 46.5 Å². The molecule has 0 radical (unpaired) electrons. The summed E-state index contributed by atoms with van der Waals surface area (Å²) in [6.07, 6.45) is 3.86. The summed E-state index contributed by atoms with van der Waals surface area (Å²) >= 11 is 0. The van der Waals surface area contributed by atoms with E-state index >= 15 is 0 Å². The Morgan fingerprint density at radius 1 is 1.07 bits per heavy atom. The minimum absolute atomic E-state index is 0.210. The SMILES string of the molecule is CCCCCC(=O)[SiH](OCC)OCC. The topological polar surface area (TPSA) is 35.5 Å². The van der Waals surface area contributed by atoms with E-state index in [0.717, 1.165) is 19.3 Å². The summed E-state index contributed by atoms with van der Waals surface area (Å²) in [5.41, 5.74) is 0. The molecule has 0 aromatic rings. The Bertz CT molecular complexity index is 144. The van der Waals surface area contributed by atoms with E-state index in [1.165, 1.54) is 0 Å². The normalized spacial score (nSPS) is 10.9. The van der Waals surface area contributed by atoms with Crippen LogP contribution in [0.25, 0.3) is 0 Å². The van der Waals surface area contributed by atoms with E-state index in [1.54, 1.807) is 0 Å². The average Bonchev–Trinajstić information content (AvgIpc) is 2.18. The van der Waals surface area contributed by atoms with Gasteiger partial charge in [0.1, 0.15) is 0 Å². The van der Waals surface area contributed by atoms with Gasteiger partial charge in [0.2, 0.25) is 0 Å². The van der Waals surface area contributed by atoms with Crippen LogP contribution in [0.4, 0.5) is 0 Å². The maximum Gasteiger partial charge on any atom is 0.393 e. The van der Waals surface area contributed by atoms with Gasteiger partial charge in [0, 0.05) is 19.6 Å². The third-order valence-corrected chi connectivity index (χ3v) is 4.01. The second kappa shape index (κ2) is 9.37. The highest BCUT2D eigenvalue weighted by Crippen LogP contribution is 2.03. The summed E-state index contributed by atoms with van der Waals surface area (Å²) in [5, 5.41) is 0.210. The van der Waals surface area contributed by atoms with Crippen molar-refractivity contribution >= 4 is 14.7 Å². The molecule has 0 atom stereocenters. The van der Waals surface area contributed by atoms with E-state index in [0.29, 0.717) is 19.6 Å². The zero-order valence-corrected chi connectivity index (χ0v) is 10.7. The van der Waals surface area contributed by atoms with E-state index in [2.05, 4.69) is 6.92 Å². The quantitative estimate of drug-likeness (QED) is 0.438. The summed E-state index contributed by atoms with van der Waals surface area (Å²) in [5.74, 6) is 0. The number of rotatable bonds is 9. The Labute approximate surface area is 88.6 Å². The van der Waals surface area contributed by atoms with Crippen LogP contribution in [0.5, 0.6) is 0 Å². The molecule has 0 rings (SSSR count). The number of hydrogen-bond donors (Lipinski definition) is 0. The van der Waals surface area contributed by atoms with Gasteiger partial charge in [-0.25, -0.2) is 0 Å². The standard InChI is InChI=1S/C10H22O3Si/c1-4-7-8-9-10(11)14(12-5-2)13-6-3/h14H,4-9H2,1-3H3. The van der Waals surface area contributed by atoms with E-state index in [4.69, 9.17) is 8.85 Å². The molecule has 84 valence electrons. The van der Waals surface area contributed by atoms with Crippen LogP contribution in [-0.2, 0) is 13.6 Å². The fraction of sp³-hybridized carbons (Fsp3) is 0.900. The Morgan fingerprint density at radius 3 is 2.07 bits per heavy atom. The largest absolute Gasteiger partial charge is 0.393 e. The summed E-state index contributed by atoms with van der Waals surface area (Å²) < 4.78 is 10.7. The van der Waals surface area contributed by atoms with Crippen LogP contribution in [0.3, 0.4) is 0 Å². The third kappa shape index (κ3) is 6.29. The highest BCUT2D eigenvalue weighted by Gasteiger charge is 2.21. The number of carbonyl (C=O) groups is 1. The molecule has 0 N–H and O–H groups in total. The van der Waals surface area contributed by atoms with Crippen LogP contribution in [0.2, 0.25) is 0 Å². The van der Waals surface area contributed by atoms with Gasteiger partial charge in [-0.15, -0.1) is 0 Å². The molecule has 4 heteroatoms. The molecule has 0 saturated carbocycles. The molecule has 0 spiro atoms. The molecule has 0 aliphatic rings. The second-order valence-electron chi connectivity index (χ2n) is 3.17. The molecule has 0 bridgehead atoms. The maximum atomic E-state index is 11.6. The lowest BCUT2D eigenvalue weighted by molar-refractivity contribution is -0.115. The summed E-state index contributed by atoms with van der Waals surface area (Å²) in [7, 11) is -2.01. The van der Waals surface area contributed by atoms with Crippen molar-refractivity contribution in [1.29, 1.82) is 0 Å². The van der Waals surface area contributed by atoms with Gasteiger partial charge in [-0.3, -0.25) is 4.79 Å². The fourth-order valence-corrected chi connectivity index (χ4v) is 2.72. The zero-order chi connectivity index (χ0) is 10.8. The Balaban J connectivity index is 3.76. The summed E-state index contributed by atoms with van der Waals surface area (Å²) in [6, 6.07) is 0. The van der Waals surface area contributed by atoms with Gasteiger partial charge in [0.05, 0.1) is 0 Å². The highest BCUT2D eigenvalue weighted by atomic mass is 28.3. The molecule has 0 aromatic heterocycles. The van der Waals surface area contributed by atoms with Crippen LogP contribution < -0.4 is 0 Å². The second-order valence-corrected chi connectivity index (χ2v) is 5.14. The Hall–Kier alpha value is -0.193. The molecule has 0 amide bonds. The van der Waals surface area contributed by atoms with Gasteiger partial charge >= 0.3 is 9.28 Å². The van der Waals surface area contributed by atoms with Gasteiger partial charge in [0.25, 0.3) is 0 Å². The number of unbranched alkanes of at least 4 members (excludes halogenated alkanes) is 2. The predicted molar refractivity (Wildman–Crippen MR) is 59.6 cm³/mol. The van der Waals surface area contributed by atoms with Crippen LogP contribution in [0.15, 0.2) is 0 Å². The number of carbonyl (C=O) groups excluding carboxylic acids is 1. The van der Waals surface area contributed by atoms with Crippen molar-refractivity contribution in [1.82, 2.24) is 0 Å². The smallest absolute Gasteiger partial charge is 0.392 e. The maximum absolute atomic E-state index is 11.6. The Morgan fingerprint density at radius 2 is 1.64 bits per heavy atom. The van der Waals surface area contributed by atoms with Crippen molar-refractivity contribution in [2.75, 3.05) is 13.2 Å². The van der Waals surface area contributed by atoms with Crippen molar-refractivity contribution in [3.05, 3.63) is 0 Å². The lowest BCUT2D eigenvalue weighted by Gasteiger charge is -2.12. The minimum atomic E-state index is -2.01. The van der Waals surface area contributed by atoms with Crippen LogP contribution in [0, 0.1) is 0 Å².